The lowest BCUT2D eigenvalue weighted by molar-refractivity contribution is -0.137. The first kappa shape index (κ1) is 25.0. The Morgan fingerprint density at radius 1 is 0.919 bits per heavy atom. The van der Waals surface area contributed by atoms with Crippen molar-refractivity contribution in [2.75, 3.05) is 0 Å². The topological polar surface area (TPSA) is 92.4 Å². The van der Waals surface area contributed by atoms with Crippen molar-refractivity contribution in [2.45, 2.75) is 38.6 Å². The van der Waals surface area contributed by atoms with E-state index in [0.717, 1.165) is 49.4 Å². The van der Waals surface area contributed by atoms with Gasteiger partial charge in [0, 0.05) is 34.6 Å². The van der Waals surface area contributed by atoms with Gasteiger partial charge in [0.1, 0.15) is 0 Å². The van der Waals surface area contributed by atoms with E-state index in [0.29, 0.717) is 30.8 Å². The third kappa shape index (κ3) is 5.53. The highest BCUT2D eigenvalue weighted by Crippen LogP contribution is 2.31. The predicted octanol–water partition coefficient (Wildman–Crippen LogP) is 6.65. The minimum absolute atomic E-state index is 0.0186. The van der Waals surface area contributed by atoms with E-state index in [1.165, 1.54) is 0 Å². The smallest absolute Gasteiger partial charge is 0.335 e. The van der Waals surface area contributed by atoms with Crippen LogP contribution < -0.4 is 0 Å². The standard InChI is InChI=1S/C29H25ClN2O4S/c30-20-9-5-18(6-10-20)7-11-21-22-17-19(29(35)36)8-12-25(22)32(16-15-28(33)34)24(21)13-14-27-31-23-3-1-2-4-26(23)37-27/h1-6,8-10,12,17H,7,11,13-16H2,(H,33,34)(H,35,36). The quantitative estimate of drug-likeness (QED) is 0.210. The summed E-state index contributed by atoms with van der Waals surface area (Å²) < 4.78 is 3.19. The van der Waals surface area contributed by atoms with Gasteiger partial charge in [-0.2, -0.15) is 0 Å². The minimum Gasteiger partial charge on any atom is -0.481 e. The maximum Gasteiger partial charge on any atom is 0.335 e. The number of para-hydroxylation sites is 1. The molecule has 5 aromatic rings. The summed E-state index contributed by atoms with van der Waals surface area (Å²) in [6.45, 7) is 0.314. The summed E-state index contributed by atoms with van der Waals surface area (Å²) in [5.41, 5.74) is 5.27. The molecule has 2 N–H and O–H groups in total. The van der Waals surface area contributed by atoms with Crippen molar-refractivity contribution in [3.63, 3.8) is 0 Å². The van der Waals surface area contributed by atoms with Crippen LogP contribution in [0.2, 0.25) is 5.02 Å². The highest BCUT2D eigenvalue weighted by Gasteiger charge is 2.20. The molecule has 0 amide bonds. The third-order valence-electron chi connectivity index (χ3n) is 6.57. The van der Waals surface area contributed by atoms with Crippen LogP contribution in [-0.4, -0.2) is 31.7 Å². The van der Waals surface area contributed by atoms with Gasteiger partial charge in [-0.1, -0.05) is 35.9 Å². The first-order valence-corrected chi connectivity index (χ1v) is 13.3. The summed E-state index contributed by atoms with van der Waals surface area (Å²) in [5.74, 6) is -1.86. The number of aromatic carboxylic acids is 1. The number of nitrogens with zero attached hydrogens (tertiary/aromatic N) is 2. The average molecular weight is 533 g/mol. The van der Waals surface area contributed by atoms with Gasteiger partial charge >= 0.3 is 11.9 Å². The minimum atomic E-state index is -0.986. The molecule has 6 nitrogen and oxygen atoms in total. The fourth-order valence-electron chi connectivity index (χ4n) is 4.81. The summed E-state index contributed by atoms with van der Waals surface area (Å²) in [4.78, 5) is 28.0. The van der Waals surface area contributed by atoms with E-state index in [4.69, 9.17) is 16.6 Å². The average Bonchev–Trinajstić information content (AvgIpc) is 3.43. The molecule has 0 spiro atoms. The number of rotatable bonds is 10. The van der Waals surface area contributed by atoms with Crippen LogP contribution in [0.4, 0.5) is 0 Å². The molecule has 0 aliphatic heterocycles. The molecule has 0 aliphatic carbocycles. The van der Waals surface area contributed by atoms with Gasteiger partial charge in [0.2, 0.25) is 0 Å². The molecule has 0 atom stereocenters. The lowest BCUT2D eigenvalue weighted by Crippen LogP contribution is -2.10. The Morgan fingerprint density at radius 3 is 2.43 bits per heavy atom. The molecule has 0 unspecified atom stereocenters. The van der Waals surface area contributed by atoms with E-state index in [2.05, 4.69) is 10.6 Å². The van der Waals surface area contributed by atoms with Gasteiger partial charge in [-0.15, -0.1) is 11.3 Å². The number of aliphatic carboxylic acids is 1. The van der Waals surface area contributed by atoms with Crippen LogP contribution >= 0.6 is 22.9 Å². The first-order valence-electron chi connectivity index (χ1n) is 12.1. The molecule has 8 heteroatoms. The van der Waals surface area contributed by atoms with E-state index in [-0.39, 0.29) is 12.0 Å². The van der Waals surface area contributed by atoms with E-state index in [1.807, 2.05) is 42.5 Å². The van der Waals surface area contributed by atoms with Gasteiger partial charge in [-0.25, -0.2) is 9.78 Å². The van der Waals surface area contributed by atoms with Gasteiger partial charge in [0.25, 0.3) is 0 Å². The number of aromatic nitrogens is 2. The molecule has 37 heavy (non-hydrogen) atoms. The fraction of sp³-hybridized carbons (Fsp3) is 0.207. The maximum absolute atomic E-state index is 11.8. The zero-order valence-electron chi connectivity index (χ0n) is 20.0. The Labute approximate surface area is 222 Å². The molecule has 2 aromatic heterocycles. The molecule has 0 saturated carbocycles. The largest absolute Gasteiger partial charge is 0.481 e. The second-order valence-electron chi connectivity index (χ2n) is 8.96. The van der Waals surface area contributed by atoms with Crippen molar-refractivity contribution >= 4 is 56.0 Å². The Morgan fingerprint density at radius 2 is 1.70 bits per heavy atom. The van der Waals surface area contributed by atoms with Crippen molar-refractivity contribution in [1.29, 1.82) is 0 Å². The van der Waals surface area contributed by atoms with Crippen LogP contribution in [-0.2, 0) is 37.0 Å². The fourth-order valence-corrected chi connectivity index (χ4v) is 5.90. The number of halogens is 1. The Hall–Kier alpha value is -3.68. The van der Waals surface area contributed by atoms with Gasteiger partial charge in [-0.3, -0.25) is 4.79 Å². The lowest BCUT2D eigenvalue weighted by atomic mass is 9.99. The van der Waals surface area contributed by atoms with Crippen LogP contribution in [0.25, 0.3) is 21.1 Å². The molecule has 2 heterocycles. The third-order valence-corrected chi connectivity index (χ3v) is 7.92. The van der Waals surface area contributed by atoms with Crippen LogP contribution in [0.5, 0.6) is 0 Å². The van der Waals surface area contributed by atoms with E-state index < -0.39 is 11.9 Å². The summed E-state index contributed by atoms with van der Waals surface area (Å²) in [7, 11) is 0. The molecule has 3 aromatic carbocycles. The van der Waals surface area contributed by atoms with Crippen molar-refractivity contribution in [2.24, 2.45) is 0 Å². The number of hydrogen-bond acceptors (Lipinski definition) is 4. The number of thiazole rings is 1. The highest BCUT2D eigenvalue weighted by molar-refractivity contribution is 7.18. The van der Waals surface area contributed by atoms with E-state index in [9.17, 15) is 19.8 Å². The Kier molecular flexibility index (Phi) is 7.26. The maximum atomic E-state index is 11.8. The zero-order valence-corrected chi connectivity index (χ0v) is 21.6. The molecule has 0 fully saturated rings. The summed E-state index contributed by atoms with van der Waals surface area (Å²) in [5, 5.41) is 21.6. The second kappa shape index (κ2) is 10.7. The monoisotopic (exact) mass is 532 g/mol. The van der Waals surface area contributed by atoms with Crippen molar-refractivity contribution in [1.82, 2.24) is 9.55 Å². The molecule has 0 aliphatic rings. The number of carboxylic acid groups (broad SMARTS) is 2. The van der Waals surface area contributed by atoms with Gasteiger partial charge in [0.15, 0.2) is 0 Å². The lowest BCUT2D eigenvalue weighted by Gasteiger charge is -2.11. The molecule has 5 rings (SSSR count). The number of aryl methyl sites for hydroxylation is 4. The van der Waals surface area contributed by atoms with Crippen LogP contribution in [0.3, 0.4) is 0 Å². The normalized spacial score (nSPS) is 11.4. The SMILES string of the molecule is O=C(O)CCn1c(CCc2nc3ccccc3s2)c(CCc2ccc(Cl)cc2)c2cc(C(=O)O)ccc21. The number of carboxylic acids is 2. The molecule has 0 bridgehead atoms. The summed E-state index contributed by atoms with van der Waals surface area (Å²) >= 11 is 7.73. The number of hydrogen-bond donors (Lipinski definition) is 2. The van der Waals surface area contributed by atoms with Gasteiger partial charge in [-0.05, 0) is 72.9 Å². The predicted molar refractivity (Wildman–Crippen MR) is 147 cm³/mol. The van der Waals surface area contributed by atoms with E-state index in [1.54, 1.807) is 29.5 Å². The van der Waals surface area contributed by atoms with Crippen molar-refractivity contribution < 1.29 is 19.8 Å². The number of benzene rings is 3. The zero-order chi connectivity index (χ0) is 25.9. The number of fused-ring (bicyclic) bond motifs is 2. The summed E-state index contributed by atoms with van der Waals surface area (Å²) in [6.07, 6.45) is 2.81. The van der Waals surface area contributed by atoms with Gasteiger partial charge in [0.05, 0.1) is 27.2 Å². The number of carbonyl (C=O) groups is 2. The molecule has 188 valence electrons. The van der Waals surface area contributed by atoms with E-state index >= 15 is 0 Å². The van der Waals surface area contributed by atoms with Crippen LogP contribution in [0, 0.1) is 0 Å². The molecular weight excluding hydrogens is 508 g/mol. The Balaban J connectivity index is 1.56. The Bertz CT molecular complexity index is 1570. The van der Waals surface area contributed by atoms with Crippen molar-refractivity contribution in [3.8, 4) is 0 Å². The molecule has 0 saturated heterocycles. The van der Waals surface area contributed by atoms with Crippen LogP contribution in [0.15, 0.2) is 66.7 Å². The molecule has 0 radical (unpaired) electrons. The highest BCUT2D eigenvalue weighted by atomic mass is 35.5. The van der Waals surface area contributed by atoms with Gasteiger partial charge < -0.3 is 14.8 Å². The second-order valence-corrected chi connectivity index (χ2v) is 10.5. The molecular formula is C29H25ClN2O4S. The first-order chi connectivity index (χ1) is 17.9. The summed E-state index contributed by atoms with van der Waals surface area (Å²) in [6, 6.07) is 20.9. The van der Waals surface area contributed by atoms with Crippen molar-refractivity contribution in [3.05, 3.63) is 99.1 Å². The van der Waals surface area contributed by atoms with Crippen LogP contribution in [0.1, 0.15) is 38.6 Å².